The summed E-state index contributed by atoms with van der Waals surface area (Å²) in [5.41, 5.74) is 0.412. The lowest BCUT2D eigenvalue weighted by molar-refractivity contribution is -0.384. The minimum Gasteiger partial charge on any atom is -0.467 e. The Morgan fingerprint density at radius 2 is 1.86 bits per heavy atom. The molecule has 3 aromatic rings. The minimum absolute atomic E-state index is 0.00103. The van der Waals surface area contributed by atoms with Crippen molar-refractivity contribution in [3.63, 3.8) is 0 Å². The molecule has 0 fully saturated rings. The molecule has 0 amide bonds. The molecule has 10 nitrogen and oxygen atoms in total. The smallest absolute Gasteiger partial charge is 0.385 e. The summed E-state index contributed by atoms with van der Waals surface area (Å²) in [4.78, 5) is 14.7. The molecule has 0 spiro atoms. The van der Waals surface area contributed by atoms with Gasteiger partial charge in [0.05, 0.1) is 30.9 Å². The van der Waals surface area contributed by atoms with Crippen molar-refractivity contribution in [2.24, 2.45) is 0 Å². The van der Waals surface area contributed by atoms with Crippen LogP contribution in [-0.2, 0) is 20.2 Å². The van der Waals surface area contributed by atoms with E-state index in [0.717, 1.165) is 0 Å². The van der Waals surface area contributed by atoms with Crippen molar-refractivity contribution < 1.29 is 27.4 Å². The van der Waals surface area contributed by atoms with Crippen molar-refractivity contribution in [3.05, 3.63) is 58.5 Å². The molecule has 11 heteroatoms. The van der Waals surface area contributed by atoms with Gasteiger partial charge in [0.15, 0.2) is 0 Å². The molecule has 2 aromatic heterocycles. The third kappa shape index (κ3) is 4.73. The molecule has 1 aromatic carbocycles. The largest absolute Gasteiger partial charge is 0.467 e. The predicted octanol–water partition coefficient (Wildman–Crippen LogP) is 4.35. The normalized spacial score (nSPS) is 11.5. The molecule has 29 heavy (non-hydrogen) atoms. The molecule has 0 saturated carbocycles. The summed E-state index contributed by atoms with van der Waals surface area (Å²) in [6.45, 7) is 3.94. The van der Waals surface area contributed by atoms with E-state index in [9.17, 15) is 14.7 Å². The zero-order valence-corrected chi connectivity index (χ0v) is 16.8. The molecule has 0 radical (unpaired) electrons. The van der Waals surface area contributed by atoms with E-state index < -0.39 is 12.5 Å². The molecule has 0 unspecified atom stereocenters. The summed E-state index contributed by atoms with van der Waals surface area (Å²) >= 11 is 0. The van der Waals surface area contributed by atoms with Crippen molar-refractivity contribution >= 4 is 24.6 Å². The van der Waals surface area contributed by atoms with Gasteiger partial charge >= 0.3 is 7.60 Å². The van der Waals surface area contributed by atoms with Gasteiger partial charge in [0.25, 0.3) is 5.69 Å². The molecule has 154 valence electrons. The highest BCUT2D eigenvalue weighted by atomic mass is 31.2. The number of aromatic nitrogens is 1. The van der Waals surface area contributed by atoms with Crippen LogP contribution in [0.25, 0.3) is 11.5 Å². The molecule has 0 aliphatic rings. The van der Waals surface area contributed by atoms with Crippen LogP contribution in [0.15, 0.2) is 51.5 Å². The molecular weight excluding hydrogens is 401 g/mol. The van der Waals surface area contributed by atoms with Crippen LogP contribution in [0.5, 0.6) is 0 Å². The minimum atomic E-state index is -3.75. The number of hydrogen-bond acceptors (Lipinski definition) is 9. The van der Waals surface area contributed by atoms with E-state index in [2.05, 4.69) is 10.3 Å². The summed E-state index contributed by atoms with van der Waals surface area (Å²) in [7, 11) is -3.75. The van der Waals surface area contributed by atoms with Gasteiger partial charge in [-0.05, 0) is 38.1 Å². The fraction of sp³-hybridized carbons (Fsp3) is 0.278. The summed E-state index contributed by atoms with van der Waals surface area (Å²) < 4.78 is 35.1. The monoisotopic (exact) mass is 421 g/mol. The Balaban J connectivity index is 1.99. The Bertz CT molecular complexity index is 989. The SMILES string of the molecule is CCOP(=O)(OCC)c1nc(-c2ccc([N+](=O)[O-])cc2)oc1NCc1ccco1. The number of anilines is 1. The third-order valence-corrected chi connectivity index (χ3v) is 5.81. The second kappa shape index (κ2) is 9.04. The number of nitrogens with one attached hydrogen (secondary N) is 1. The van der Waals surface area contributed by atoms with E-state index in [1.807, 2.05) is 0 Å². The summed E-state index contributed by atoms with van der Waals surface area (Å²) in [6, 6.07) is 9.17. The number of benzene rings is 1. The van der Waals surface area contributed by atoms with E-state index >= 15 is 0 Å². The third-order valence-electron chi connectivity index (χ3n) is 3.80. The van der Waals surface area contributed by atoms with Gasteiger partial charge in [0, 0.05) is 17.7 Å². The zero-order chi connectivity index (χ0) is 20.9. The van der Waals surface area contributed by atoms with Gasteiger partial charge < -0.3 is 23.2 Å². The van der Waals surface area contributed by atoms with Crippen LogP contribution in [0, 0.1) is 10.1 Å². The predicted molar refractivity (Wildman–Crippen MR) is 105 cm³/mol. The Morgan fingerprint density at radius 3 is 2.41 bits per heavy atom. The van der Waals surface area contributed by atoms with Crippen molar-refractivity contribution in [2.45, 2.75) is 20.4 Å². The molecule has 0 saturated heterocycles. The van der Waals surface area contributed by atoms with Crippen LogP contribution in [0.4, 0.5) is 11.6 Å². The second-order valence-electron chi connectivity index (χ2n) is 5.74. The van der Waals surface area contributed by atoms with E-state index in [1.165, 1.54) is 30.5 Å². The fourth-order valence-electron chi connectivity index (χ4n) is 2.54. The Hall–Kier alpha value is -2.94. The maximum Gasteiger partial charge on any atom is 0.385 e. The summed E-state index contributed by atoms with van der Waals surface area (Å²) in [5.74, 6) is 0.864. The van der Waals surface area contributed by atoms with Crippen LogP contribution >= 0.6 is 7.60 Å². The molecule has 0 aliphatic carbocycles. The average molecular weight is 421 g/mol. The van der Waals surface area contributed by atoms with Gasteiger partial charge in [0.2, 0.25) is 17.2 Å². The van der Waals surface area contributed by atoms with E-state index in [0.29, 0.717) is 11.3 Å². The molecule has 3 rings (SSSR count). The summed E-state index contributed by atoms with van der Waals surface area (Å²) in [6.07, 6.45) is 1.53. The van der Waals surface area contributed by atoms with Gasteiger partial charge in [0.1, 0.15) is 5.76 Å². The lowest BCUT2D eigenvalue weighted by Crippen LogP contribution is -2.16. The Kier molecular flexibility index (Phi) is 6.48. The number of rotatable bonds is 10. The van der Waals surface area contributed by atoms with Crippen LogP contribution in [0.2, 0.25) is 0 Å². The number of oxazole rings is 1. The first-order valence-corrected chi connectivity index (χ1v) is 10.4. The molecular formula is C18H20N3O7P. The van der Waals surface area contributed by atoms with E-state index in [1.54, 1.807) is 26.0 Å². The standard InChI is InChI=1S/C18H20N3O7P/c1-3-26-29(24,27-4-2)18-17(19-12-15-6-5-11-25-15)28-16(20-18)13-7-9-14(10-8-13)21(22)23/h5-11,19H,3-4,12H2,1-2H3. The highest BCUT2D eigenvalue weighted by Crippen LogP contribution is 2.49. The van der Waals surface area contributed by atoms with Gasteiger partial charge in [-0.3, -0.25) is 14.7 Å². The number of nitrogens with zero attached hydrogens (tertiary/aromatic N) is 2. The Morgan fingerprint density at radius 1 is 1.17 bits per heavy atom. The lowest BCUT2D eigenvalue weighted by atomic mass is 10.2. The first-order valence-electron chi connectivity index (χ1n) is 8.88. The topological polar surface area (TPSA) is 130 Å². The molecule has 2 heterocycles. The van der Waals surface area contributed by atoms with Crippen LogP contribution < -0.4 is 10.8 Å². The molecule has 0 atom stereocenters. The highest BCUT2D eigenvalue weighted by Gasteiger charge is 2.36. The molecule has 0 bridgehead atoms. The first-order chi connectivity index (χ1) is 14.0. The van der Waals surface area contributed by atoms with Gasteiger partial charge in [-0.25, -0.2) is 0 Å². The highest BCUT2D eigenvalue weighted by molar-refractivity contribution is 7.62. The van der Waals surface area contributed by atoms with Gasteiger partial charge in [-0.2, -0.15) is 4.98 Å². The van der Waals surface area contributed by atoms with E-state index in [4.69, 9.17) is 17.9 Å². The maximum absolute atomic E-state index is 13.3. The fourth-order valence-corrected chi connectivity index (χ4v) is 4.13. The zero-order valence-electron chi connectivity index (χ0n) is 15.9. The van der Waals surface area contributed by atoms with Crippen molar-refractivity contribution in [3.8, 4) is 11.5 Å². The molecule has 1 N–H and O–H groups in total. The van der Waals surface area contributed by atoms with Crippen molar-refractivity contribution in [1.82, 2.24) is 4.98 Å². The quantitative estimate of drug-likeness (QED) is 0.288. The van der Waals surface area contributed by atoms with Gasteiger partial charge in [-0.1, -0.05) is 0 Å². The van der Waals surface area contributed by atoms with Crippen molar-refractivity contribution in [2.75, 3.05) is 18.5 Å². The maximum atomic E-state index is 13.3. The number of nitro benzene ring substituents is 1. The van der Waals surface area contributed by atoms with Crippen molar-refractivity contribution in [1.29, 1.82) is 0 Å². The second-order valence-corrected chi connectivity index (χ2v) is 7.68. The molecule has 0 aliphatic heterocycles. The van der Waals surface area contributed by atoms with Crippen LogP contribution in [0.3, 0.4) is 0 Å². The van der Waals surface area contributed by atoms with Gasteiger partial charge in [-0.15, -0.1) is 0 Å². The first kappa shape index (κ1) is 20.8. The van der Waals surface area contributed by atoms with Crippen LogP contribution in [0.1, 0.15) is 19.6 Å². The number of nitro groups is 1. The average Bonchev–Trinajstić information content (AvgIpc) is 3.37. The van der Waals surface area contributed by atoms with E-state index in [-0.39, 0.29) is 42.7 Å². The number of hydrogen-bond donors (Lipinski definition) is 1. The number of non-ortho nitro benzene ring substituents is 1. The summed E-state index contributed by atoms with van der Waals surface area (Å²) in [5, 5.41) is 13.9. The number of furan rings is 1. The Labute approximate surface area is 166 Å². The lowest BCUT2D eigenvalue weighted by Gasteiger charge is -2.15. The van der Waals surface area contributed by atoms with Crippen LogP contribution in [-0.4, -0.2) is 23.1 Å².